The maximum absolute atomic E-state index is 12.6. The molecule has 114 valence electrons. The number of aryl methyl sites for hydroxylation is 1. The highest BCUT2D eigenvalue weighted by Crippen LogP contribution is 2.41. The van der Waals surface area contributed by atoms with E-state index in [1.807, 2.05) is 30.0 Å². The van der Waals surface area contributed by atoms with Crippen molar-refractivity contribution in [1.29, 1.82) is 0 Å². The fraction of sp³-hybridized carbons (Fsp3) is 0.588. The van der Waals surface area contributed by atoms with Crippen LogP contribution in [0.25, 0.3) is 0 Å². The summed E-state index contributed by atoms with van der Waals surface area (Å²) in [5.41, 5.74) is -0.0986. The van der Waals surface area contributed by atoms with Gasteiger partial charge < -0.3 is 9.32 Å². The Labute approximate surface area is 126 Å². The summed E-state index contributed by atoms with van der Waals surface area (Å²) in [7, 11) is 0. The summed E-state index contributed by atoms with van der Waals surface area (Å²) >= 11 is 0. The Hall–Kier alpha value is -1.55. The number of piperidine rings is 1. The number of likely N-dealkylation sites (tertiary alicyclic amines) is 2. The molecule has 4 heteroatoms. The molecule has 0 atom stereocenters. The molecule has 0 radical (unpaired) electrons. The first-order chi connectivity index (χ1) is 10.1. The summed E-state index contributed by atoms with van der Waals surface area (Å²) in [6.45, 7) is 10.1. The molecular formula is C17H24N2O2. The van der Waals surface area contributed by atoms with Gasteiger partial charge in [0.2, 0.25) is 5.91 Å². The van der Waals surface area contributed by atoms with E-state index < -0.39 is 0 Å². The molecule has 21 heavy (non-hydrogen) atoms. The third-order valence-corrected chi connectivity index (χ3v) is 4.94. The molecule has 1 spiro atoms. The van der Waals surface area contributed by atoms with Crippen molar-refractivity contribution < 1.29 is 9.21 Å². The van der Waals surface area contributed by atoms with Crippen LogP contribution in [0.5, 0.6) is 0 Å². The lowest BCUT2D eigenvalue weighted by atomic mass is 9.77. The first-order valence-electron chi connectivity index (χ1n) is 7.81. The van der Waals surface area contributed by atoms with Crippen LogP contribution in [0, 0.1) is 12.3 Å². The van der Waals surface area contributed by atoms with Gasteiger partial charge in [0.25, 0.3) is 0 Å². The maximum atomic E-state index is 12.6. The van der Waals surface area contributed by atoms with Crippen molar-refractivity contribution in [2.45, 2.75) is 32.7 Å². The van der Waals surface area contributed by atoms with Crippen LogP contribution in [-0.2, 0) is 11.3 Å². The van der Waals surface area contributed by atoms with E-state index in [2.05, 4.69) is 11.5 Å². The molecule has 1 aromatic rings. The van der Waals surface area contributed by atoms with Gasteiger partial charge in [0.1, 0.15) is 11.5 Å². The van der Waals surface area contributed by atoms with Crippen molar-refractivity contribution in [3.63, 3.8) is 0 Å². The minimum atomic E-state index is -0.0986. The van der Waals surface area contributed by atoms with E-state index in [1.165, 1.54) is 0 Å². The summed E-state index contributed by atoms with van der Waals surface area (Å²) < 4.78 is 5.65. The lowest BCUT2D eigenvalue weighted by Crippen LogP contribution is -2.44. The Morgan fingerprint density at radius 2 is 2.00 bits per heavy atom. The molecule has 3 rings (SSSR count). The molecule has 1 amide bonds. The van der Waals surface area contributed by atoms with E-state index in [1.54, 1.807) is 0 Å². The zero-order valence-electron chi connectivity index (χ0n) is 12.8. The van der Waals surface area contributed by atoms with Gasteiger partial charge in [-0.05, 0) is 51.4 Å². The van der Waals surface area contributed by atoms with Crippen molar-refractivity contribution in [1.82, 2.24) is 9.80 Å². The van der Waals surface area contributed by atoms with Gasteiger partial charge in [-0.2, -0.15) is 0 Å². The topological polar surface area (TPSA) is 36.7 Å². The maximum Gasteiger partial charge on any atom is 0.229 e. The molecule has 2 aliphatic heterocycles. The number of hydrogen-bond acceptors (Lipinski definition) is 3. The average Bonchev–Trinajstić information content (AvgIpc) is 3.01. The number of carbonyl (C=O) groups excluding carboxylic acids is 1. The van der Waals surface area contributed by atoms with Gasteiger partial charge in [0.05, 0.1) is 12.0 Å². The van der Waals surface area contributed by atoms with E-state index >= 15 is 0 Å². The van der Waals surface area contributed by atoms with Gasteiger partial charge in [0.15, 0.2) is 0 Å². The molecule has 4 nitrogen and oxygen atoms in total. The molecule has 0 N–H and O–H groups in total. The molecule has 0 saturated carbocycles. The number of carbonyl (C=O) groups is 1. The number of nitrogens with zero attached hydrogens (tertiary/aromatic N) is 2. The third kappa shape index (κ3) is 2.77. The summed E-state index contributed by atoms with van der Waals surface area (Å²) in [5.74, 6) is 2.33. The average molecular weight is 288 g/mol. The van der Waals surface area contributed by atoms with Gasteiger partial charge in [-0.3, -0.25) is 9.69 Å². The third-order valence-electron chi connectivity index (χ3n) is 4.94. The summed E-state index contributed by atoms with van der Waals surface area (Å²) in [6, 6.07) is 4.06. The zero-order valence-corrected chi connectivity index (χ0v) is 12.8. The van der Waals surface area contributed by atoms with Gasteiger partial charge >= 0.3 is 0 Å². The molecule has 0 bridgehead atoms. The molecule has 2 aliphatic rings. The van der Waals surface area contributed by atoms with Gasteiger partial charge in [0, 0.05) is 13.1 Å². The van der Waals surface area contributed by atoms with Crippen LogP contribution in [0.4, 0.5) is 0 Å². The first kappa shape index (κ1) is 14.4. The van der Waals surface area contributed by atoms with E-state index in [0.717, 1.165) is 57.0 Å². The zero-order chi connectivity index (χ0) is 14.9. The second-order valence-corrected chi connectivity index (χ2v) is 6.36. The van der Waals surface area contributed by atoms with Crippen molar-refractivity contribution in [3.05, 3.63) is 36.3 Å². The van der Waals surface area contributed by atoms with Crippen molar-refractivity contribution >= 4 is 5.91 Å². The molecule has 0 unspecified atom stereocenters. The van der Waals surface area contributed by atoms with Crippen molar-refractivity contribution in [3.8, 4) is 0 Å². The van der Waals surface area contributed by atoms with Gasteiger partial charge in [-0.1, -0.05) is 6.08 Å². The Balaban J connectivity index is 1.57. The van der Waals surface area contributed by atoms with Gasteiger partial charge in [-0.25, -0.2) is 0 Å². The predicted molar refractivity (Wildman–Crippen MR) is 81.8 cm³/mol. The van der Waals surface area contributed by atoms with E-state index in [0.29, 0.717) is 12.5 Å². The fourth-order valence-electron chi connectivity index (χ4n) is 3.62. The van der Waals surface area contributed by atoms with Gasteiger partial charge in [-0.15, -0.1) is 6.58 Å². The number of amides is 1. The molecular weight excluding hydrogens is 264 g/mol. The monoisotopic (exact) mass is 288 g/mol. The normalized spacial score (nSPS) is 22.1. The molecule has 2 saturated heterocycles. The Morgan fingerprint density at radius 3 is 2.62 bits per heavy atom. The summed E-state index contributed by atoms with van der Waals surface area (Å²) in [6.07, 6.45) is 4.77. The highest BCUT2D eigenvalue weighted by molar-refractivity contribution is 5.85. The van der Waals surface area contributed by atoms with E-state index in [9.17, 15) is 4.79 Å². The summed E-state index contributed by atoms with van der Waals surface area (Å²) in [5, 5.41) is 0. The second-order valence-electron chi connectivity index (χ2n) is 6.36. The Bertz CT molecular complexity index is 527. The van der Waals surface area contributed by atoms with Crippen LogP contribution >= 0.6 is 0 Å². The molecule has 2 fully saturated rings. The lowest BCUT2D eigenvalue weighted by Gasteiger charge is -2.37. The Kier molecular flexibility index (Phi) is 3.89. The van der Waals surface area contributed by atoms with Crippen LogP contribution < -0.4 is 0 Å². The molecule has 1 aromatic heterocycles. The summed E-state index contributed by atoms with van der Waals surface area (Å²) in [4.78, 5) is 16.9. The number of hydrogen-bond donors (Lipinski definition) is 0. The van der Waals surface area contributed by atoms with Crippen LogP contribution in [0.2, 0.25) is 0 Å². The smallest absolute Gasteiger partial charge is 0.229 e. The second kappa shape index (κ2) is 5.68. The highest BCUT2D eigenvalue weighted by atomic mass is 16.3. The van der Waals surface area contributed by atoms with Crippen LogP contribution in [-0.4, -0.2) is 41.9 Å². The minimum Gasteiger partial charge on any atom is -0.465 e. The van der Waals surface area contributed by atoms with E-state index in [4.69, 9.17) is 4.42 Å². The van der Waals surface area contributed by atoms with Crippen LogP contribution in [0.3, 0.4) is 0 Å². The number of furan rings is 1. The van der Waals surface area contributed by atoms with E-state index in [-0.39, 0.29) is 5.41 Å². The molecule has 0 aromatic carbocycles. The van der Waals surface area contributed by atoms with Crippen LogP contribution in [0.1, 0.15) is 30.8 Å². The van der Waals surface area contributed by atoms with Crippen molar-refractivity contribution in [2.24, 2.45) is 5.41 Å². The predicted octanol–water partition coefficient (Wildman–Crippen LogP) is 2.59. The molecule has 0 aliphatic carbocycles. The largest absolute Gasteiger partial charge is 0.465 e. The quantitative estimate of drug-likeness (QED) is 0.799. The minimum absolute atomic E-state index is 0.0986. The lowest BCUT2D eigenvalue weighted by molar-refractivity contribution is -0.138. The standard InChI is InChI=1S/C17H24N2O2/c1-3-9-19-12-8-17(16(19)20)6-10-18(11-7-17)13-15-5-4-14(2)21-15/h3-5H,1,6-13H2,2H3. The highest BCUT2D eigenvalue weighted by Gasteiger charge is 2.47. The molecule has 3 heterocycles. The first-order valence-corrected chi connectivity index (χ1v) is 7.81. The SMILES string of the molecule is C=CCN1CCC2(CCN(Cc3ccc(C)o3)CC2)C1=O. The van der Waals surface area contributed by atoms with Crippen LogP contribution in [0.15, 0.2) is 29.2 Å². The number of rotatable bonds is 4. The van der Waals surface area contributed by atoms with Crippen molar-refractivity contribution in [2.75, 3.05) is 26.2 Å². The Morgan fingerprint density at radius 1 is 1.29 bits per heavy atom. The fourth-order valence-corrected chi connectivity index (χ4v) is 3.62.